The Morgan fingerprint density at radius 3 is 2.70 bits per heavy atom. The molecule has 1 aliphatic rings. The fourth-order valence-electron chi connectivity index (χ4n) is 3.08. The van der Waals surface area contributed by atoms with Crippen molar-refractivity contribution in [3.05, 3.63) is 49.1 Å². The first kappa shape index (κ1) is 15.6. The summed E-state index contributed by atoms with van der Waals surface area (Å²) >= 11 is 0. The molecular formula is C18H24N4O. The molecule has 122 valence electrons. The first-order chi connectivity index (χ1) is 11.3. The van der Waals surface area contributed by atoms with E-state index in [9.17, 15) is 4.79 Å². The molecule has 0 saturated carbocycles. The number of para-hydroxylation sites is 1. The molecule has 0 unspecified atom stereocenters. The van der Waals surface area contributed by atoms with Crippen LogP contribution in [0.2, 0.25) is 0 Å². The fourth-order valence-corrected chi connectivity index (χ4v) is 3.08. The van der Waals surface area contributed by atoms with Crippen LogP contribution < -0.4 is 10.2 Å². The maximum absolute atomic E-state index is 12.3. The maximum Gasteiger partial charge on any atom is 0.223 e. The van der Waals surface area contributed by atoms with E-state index in [1.165, 1.54) is 5.69 Å². The Balaban J connectivity index is 1.36. The molecule has 1 fully saturated rings. The number of piperidine rings is 1. The van der Waals surface area contributed by atoms with Gasteiger partial charge in [0, 0.05) is 50.2 Å². The van der Waals surface area contributed by atoms with Gasteiger partial charge in [-0.2, -0.15) is 0 Å². The van der Waals surface area contributed by atoms with E-state index < -0.39 is 0 Å². The predicted octanol–water partition coefficient (Wildman–Crippen LogP) is 2.31. The maximum atomic E-state index is 12.3. The number of anilines is 1. The summed E-state index contributed by atoms with van der Waals surface area (Å²) in [5, 5.41) is 3.08. The van der Waals surface area contributed by atoms with Crippen LogP contribution in [0.3, 0.4) is 0 Å². The monoisotopic (exact) mass is 312 g/mol. The number of carbonyl (C=O) groups excluding carboxylic acids is 1. The third-order valence-electron chi connectivity index (χ3n) is 4.44. The Kier molecular flexibility index (Phi) is 5.29. The van der Waals surface area contributed by atoms with E-state index in [-0.39, 0.29) is 11.8 Å². The van der Waals surface area contributed by atoms with Crippen LogP contribution in [0.15, 0.2) is 49.1 Å². The van der Waals surface area contributed by atoms with Gasteiger partial charge in [0.1, 0.15) is 0 Å². The number of nitrogens with zero attached hydrogens (tertiary/aromatic N) is 3. The highest BCUT2D eigenvalue weighted by molar-refractivity contribution is 5.78. The number of amides is 1. The molecule has 1 aromatic carbocycles. The molecule has 23 heavy (non-hydrogen) atoms. The Morgan fingerprint density at radius 1 is 1.22 bits per heavy atom. The van der Waals surface area contributed by atoms with Crippen LogP contribution in [0.25, 0.3) is 0 Å². The second kappa shape index (κ2) is 7.81. The minimum atomic E-state index is 0.156. The molecule has 1 aromatic heterocycles. The molecule has 1 N–H and O–H groups in total. The van der Waals surface area contributed by atoms with Gasteiger partial charge in [-0.05, 0) is 31.4 Å². The van der Waals surface area contributed by atoms with Gasteiger partial charge in [0.25, 0.3) is 0 Å². The zero-order valence-corrected chi connectivity index (χ0v) is 13.4. The van der Waals surface area contributed by atoms with Crippen molar-refractivity contribution in [2.75, 3.05) is 24.5 Å². The van der Waals surface area contributed by atoms with Gasteiger partial charge in [-0.25, -0.2) is 4.98 Å². The third-order valence-corrected chi connectivity index (χ3v) is 4.44. The average Bonchev–Trinajstić information content (AvgIpc) is 3.13. The summed E-state index contributed by atoms with van der Waals surface area (Å²) in [6, 6.07) is 10.4. The lowest BCUT2D eigenvalue weighted by molar-refractivity contribution is -0.125. The minimum Gasteiger partial charge on any atom is -0.371 e. The average molecular weight is 312 g/mol. The van der Waals surface area contributed by atoms with Gasteiger partial charge < -0.3 is 14.8 Å². The van der Waals surface area contributed by atoms with Gasteiger partial charge in [-0.3, -0.25) is 4.79 Å². The number of hydrogen-bond donors (Lipinski definition) is 1. The molecule has 2 aromatic rings. The largest absolute Gasteiger partial charge is 0.371 e. The Bertz CT molecular complexity index is 589. The third kappa shape index (κ3) is 4.34. The van der Waals surface area contributed by atoms with Crippen molar-refractivity contribution >= 4 is 11.6 Å². The van der Waals surface area contributed by atoms with E-state index in [2.05, 4.69) is 39.5 Å². The van der Waals surface area contributed by atoms with Crippen molar-refractivity contribution in [1.29, 1.82) is 0 Å². The van der Waals surface area contributed by atoms with E-state index in [4.69, 9.17) is 0 Å². The molecule has 0 atom stereocenters. The predicted molar refractivity (Wildman–Crippen MR) is 91.2 cm³/mol. The van der Waals surface area contributed by atoms with Crippen LogP contribution in [0.5, 0.6) is 0 Å². The van der Waals surface area contributed by atoms with Gasteiger partial charge in [0.15, 0.2) is 0 Å². The van der Waals surface area contributed by atoms with Crippen molar-refractivity contribution in [3.8, 4) is 0 Å². The zero-order valence-electron chi connectivity index (χ0n) is 13.4. The number of imidazole rings is 1. The van der Waals surface area contributed by atoms with Crippen LogP contribution in [-0.4, -0.2) is 35.1 Å². The molecule has 5 heteroatoms. The Labute approximate surface area is 137 Å². The number of aromatic nitrogens is 2. The normalized spacial score (nSPS) is 15.6. The summed E-state index contributed by atoms with van der Waals surface area (Å²) in [6.45, 7) is 3.54. The highest BCUT2D eigenvalue weighted by Gasteiger charge is 2.24. The number of nitrogens with one attached hydrogen (secondary N) is 1. The second-order valence-corrected chi connectivity index (χ2v) is 6.04. The lowest BCUT2D eigenvalue weighted by Gasteiger charge is -2.33. The van der Waals surface area contributed by atoms with Gasteiger partial charge >= 0.3 is 0 Å². The molecule has 0 radical (unpaired) electrons. The molecule has 2 heterocycles. The summed E-state index contributed by atoms with van der Waals surface area (Å²) in [5.74, 6) is 0.367. The van der Waals surface area contributed by atoms with E-state index in [0.29, 0.717) is 0 Å². The zero-order chi connectivity index (χ0) is 15.9. The number of rotatable bonds is 6. The summed E-state index contributed by atoms with van der Waals surface area (Å²) in [7, 11) is 0. The van der Waals surface area contributed by atoms with Crippen LogP contribution in [0.1, 0.15) is 19.3 Å². The summed E-state index contributed by atoms with van der Waals surface area (Å²) in [5.41, 5.74) is 1.26. The standard InChI is InChI=1S/C18H24N4O/c23-18(20-9-4-11-21-14-10-19-15-21)16-7-12-22(13-8-16)17-5-2-1-3-6-17/h1-3,5-6,10,14-16H,4,7-9,11-13H2,(H,20,23). The van der Waals surface area contributed by atoms with Crippen LogP contribution in [-0.2, 0) is 11.3 Å². The highest BCUT2D eigenvalue weighted by Crippen LogP contribution is 2.23. The molecule has 5 nitrogen and oxygen atoms in total. The Hall–Kier alpha value is -2.30. The van der Waals surface area contributed by atoms with Crippen molar-refractivity contribution in [1.82, 2.24) is 14.9 Å². The highest BCUT2D eigenvalue weighted by atomic mass is 16.1. The van der Waals surface area contributed by atoms with Crippen molar-refractivity contribution in [2.24, 2.45) is 5.92 Å². The minimum absolute atomic E-state index is 0.156. The van der Waals surface area contributed by atoms with Crippen molar-refractivity contribution < 1.29 is 4.79 Å². The number of hydrogen-bond acceptors (Lipinski definition) is 3. The molecule has 1 saturated heterocycles. The van der Waals surface area contributed by atoms with Crippen molar-refractivity contribution in [2.45, 2.75) is 25.8 Å². The fraction of sp³-hybridized carbons (Fsp3) is 0.444. The molecule has 1 aliphatic heterocycles. The molecule has 0 spiro atoms. The topological polar surface area (TPSA) is 50.2 Å². The molecule has 0 bridgehead atoms. The van der Waals surface area contributed by atoms with E-state index in [1.54, 1.807) is 12.5 Å². The SMILES string of the molecule is O=C(NCCCn1ccnc1)C1CCN(c2ccccc2)CC1. The first-order valence-electron chi connectivity index (χ1n) is 8.36. The van der Waals surface area contributed by atoms with Crippen LogP contribution in [0.4, 0.5) is 5.69 Å². The van der Waals surface area contributed by atoms with Crippen molar-refractivity contribution in [3.63, 3.8) is 0 Å². The lowest BCUT2D eigenvalue weighted by atomic mass is 9.95. The van der Waals surface area contributed by atoms with Gasteiger partial charge in [0.2, 0.25) is 5.91 Å². The number of aryl methyl sites for hydroxylation is 1. The summed E-state index contributed by atoms with van der Waals surface area (Å²) < 4.78 is 2.03. The molecule has 0 aliphatic carbocycles. The molecule has 1 amide bonds. The smallest absolute Gasteiger partial charge is 0.223 e. The Morgan fingerprint density at radius 2 is 2.00 bits per heavy atom. The summed E-state index contributed by atoms with van der Waals surface area (Å²) in [6.07, 6.45) is 8.33. The molecule has 3 rings (SSSR count). The second-order valence-electron chi connectivity index (χ2n) is 6.04. The quantitative estimate of drug-likeness (QED) is 0.833. The number of benzene rings is 1. The van der Waals surface area contributed by atoms with E-state index in [1.807, 2.05) is 16.8 Å². The van der Waals surface area contributed by atoms with E-state index in [0.717, 1.165) is 45.4 Å². The van der Waals surface area contributed by atoms with Gasteiger partial charge in [-0.1, -0.05) is 18.2 Å². The van der Waals surface area contributed by atoms with Crippen LogP contribution in [0, 0.1) is 5.92 Å². The van der Waals surface area contributed by atoms with Gasteiger partial charge in [-0.15, -0.1) is 0 Å². The first-order valence-corrected chi connectivity index (χ1v) is 8.36. The lowest BCUT2D eigenvalue weighted by Crippen LogP contribution is -2.40. The van der Waals surface area contributed by atoms with E-state index >= 15 is 0 Å². The molecular weight excluding hydrogens is 288 g/mol. The number of carbonyl (C=O) groups is 1. The van der Waals surface area contributed by atoms with Crippen LogP contribution >= 0.6 is 0 Å². The van der Waals surface area contributed by atoms with Gasteiger partial charge in [0.05, 0.1) is 6.33 Å². The summed E-state index contributed by atoms with van der Waals surface area (Å²) in [4.78, 5) is 18.6.